The Labute approximate surface area is 99.7 Å². The number of anilines is 1. The largest absolute Gasteiger partial charge is 0.396 e. The third-order valence-electron chi connectivity index (χ3n) is 1.91. The molecule has 0 aliphatic heterocycles. The van der Waals surface area contributed by atoms with E-state index in [-0.39, 0.29) is 6.61 Å². The van der Waals surface area contributed by atoms with Crippen LogP contribution in [0.2, 0.25) is 0 Å². The quantitative estimate of drug-likeness (QED) is 0.703. The first-order chi connectivity index (χ1) is 7.88. The Bertz CT molecular complexity index is 351. The van der Waals surface area contributed by atoms with E-state index in [0.29, 0.717) is 11.4 Å². The van der Waals surface area contributed by atoms with Crippen LogP contribution in [0, 0.1) is 11.3 Å². The minimum Gasteiger partial charge on any atom is -0.396 e. The van der Waals surface area contributed by atoms with Crippen molar-refractivity contribution < 1.29 is 5.11 Å². The molecule has 1 aromatic rings. The fourth-order valence-corrected chi connectivity index (χ4v) is 1.93. The summed E-state index contributed by atoms with van der Waals surface area (Å²) in [6.45, 7) is 1.03. The predicted octanol–water partition coefficient (Wildman–Crippen LogP) is 1.48. The highest BCUT2D eigenvalue weighted by Gasteiger charge is 2.00. The van der Waals surface area contributed by atoms with Crippen molar-refractivity contribution in [2.75, 3.05) is 30.0 Å². The molecule has 0 aliphatic carbocycles. The number of hydrogen-bond donors (Lipinski definition) is 2. The summed E-state index contributed by atoms with van der Waals surface area (Å²) in [7, 11) is 0. The van der Waals surface area contributed by atoms with Gasteiger partial charge < -0.3 is 10.4 Å². The zero-order valence-corrected chi connectivity index (χ0v) is 9.83. The smallest absolute Gasteiger partial charge is 0.143 e. The Kier molecular flexibility index (Phi) is 6.38. The van der Waals surface area contributed by atoms with Crippen molar-refractivity contribution in [3.8, 4) is 6.07 Å². The number of hydrogen-bond acceptors (Lipinski definition) is 5. The summed E-state index contributed by atoms with van der Waals surface area (Å²) >= 11 is 1.78. The summed E-state index contributed by atoms with van der Waals surface area (Å²) in [5.41, 5.74) is 0.572. The minimum absolute atomic E-state index is 0.249. The van der Waals surface area contributed by atoms with E-state index in [1.807, 2.05) is 0 Å². The summed E-state index contributed by atoms with van der Waals surface area (Å²) in [5, 5.41) is 20.5. The molecular formula is C11H15N3OS. The van der Waals surface area contributed by atoms with Gasteiger partial charge in [-0.1, -0.05) is 0 Å². The molecule has 0 unspecified atom stereocenters. The van der Waals surface area contributed by atoms with Gasteiger partial charge in [-0.2, -0.15) is 17.0 Å². The maximum Gasteiger partial charge on any atom is 0.143 e. The molecule has 86 valence electrons. The normalized spacial score (nSPS) is 9.75. The van der Waals surface area contributed by atoms with Crippen LogP contribution < -0.4 is 5.32 Å². The molecule has 0 aromatic carbocycles. The number of thioether (sulfide) groups is 1. The van der Waals surface area contributed by atoms with Crippen molar-refractivity contribution in [2.24, 2.45) is 0 Å². The van der Waals surface area contributed by atoms with Crippen LogP contribution in [0.4, 0.5) is 5.82 Å². The van der Waals surface area contributed by atoms with Gasteiger partial charge in [0.1, 0.15) is 11.9 Å². The van der Waals surface area contributed by atoms with Gasteiger partial charge in [0.25, 0.3) is 0 Å². The summed E-state index contributed by atoms with van der Waals surface area (Å²) in [5.74, 6) is 2.56. The van der Waals surface area contributed by atoms with E-state index in [0.717, 1.165) is 24.5 Å². The number of pyridine rings is 1. The SMILES string of the molecule is N#Cc1cccnc1NCCSCCCO. The molecule has 1 rings (SSSR count). The first kappa shape index (κ1) is 12.8. The van der Waals surface area contributed by atoms with Crippen LogP contribution in [-0.4, -0.2) is 34.7 Å². The molecule has 16 heavy (non-hydrogen) atoms. The molecule has 0 spiro atoms. The second-order valence-electron chi connectivity index (χ2n) is 3.13. The highest BCUT2D eigenvalue weighted by molar-refractivity contribution is 7.99. The van der Waals surface area contributed by atoms with Gasteiger partial charge in [0.2, 0.25) is 0 Å². The third-order valence-corrected chi connectivity index (χ3v) is 2.98. The third kappa shape index (κ3) is 4.51. The molecule has 5 heteroatoms. The molecule has 0 saturated carbocycles. The van der Waals surface area contributed by atoms with E-state index in [4.69, 9.17) is 10.4 Å². The van der Waals surface area contributed by atoms with Gasteiger partial charge in [0.05, 0.1) is 5.56 Å². The number of nitrogens with zero attached hydrogens (tertiary/aromatic N) is 2. The lowest BCUT2D eigenvalue weighted by Crippen LogP contribution is -2.07. The first-order valence-corrected chi connectivity index (χ1v) is 6.31. The zero-order valence-electron chi connectivity index (χ0n) is 9.02. The van der Waals surface area contributed by atoms with E-state index < -0.39 is 0 Å². The molecule has 1 heterocycles. The molecule has 0 aliphatic rings. The van der Waals surface area contributed by atoms with Crippen molar-refractivity contribution in [1.82, 2.24) is 4.98 Å². The molecule has 0 amide bonds. The van der Waals surface area contributed by atoms with E-state index in [2.05, 4.69) is 16.4 Å². The maximum absolute atomic E-state index is 8.83. The van der Waals surface area contributed by atoms with E-state index in [1.165, 1.54) is 0 Å². The van der Waals surface area contributed by atoms with E-state index in [1.54, 1.807) is 30.1 Å². The molecule has 0 atom stereocenters. The van der Waals surface area contributed by atoms with Crippen molar-refractivity contribution in [2.45, 2.75) is 6.42 Å². The lowest BCUT2D eigenvalue weighted by atomic mass is 10.3. The number of aliphatic hydroxyl groups excluding tert-OH is 1. The van der Waals surface area contributed by atoms with Crippen molar-refractivity contribution in [3.63, 3.8) is 0 Å². The Morgan fingerprint density at radius 1 is 1.50 bits per heavy atom. The van der Waals surface area contributed by atoms with Gasteiger partial charge in [-0.25, -0.2) is 4.98 Å². The molecule has 2 N–H and O–H groups in total. The molecular weight excluding hydrogens is 222 g/mol. The summed E-state index contributed by atoms with van der Waals surface area (Å²) in [6.07, 6.45) is 2.50. The van der Waals surface area contributed by atoms with Gasteiger partial charge in [-0.3, -0.25) is 0 Å². The van der Waals surface area contributed by atoms with Gasteiger partial charge >= 0.3 is 0 Å². The molecule has 0 bridgehead atoms. The molecule has 0 saturated heterocycles. The molecule has 0 fully saturated rings. The zero-order chi connectivity index (χ0) is 11.6. The summed E-state index contributed by atoms with van der Waals surface area (Å²) < 4.78 is 0. The van der Waals surface area contributed by atoms with Crippen molar-refractivity contribution >= 4 is 17.6 Å². The van der Waals surface area contributed by atoms with Gasteiger partial charge in [0.15, 0.2) is 0 Å². The first-order valence-electron chi connectivity index (χ1n) is 5.16. The number of rotatable bonds is 7. The summed E-state index contributed by atoms with van der Waals surface area (Å²) in [6, 6.07) is 5.59. The lowest BCUT2D eigenvalue weighted by molar-refractivity contribution is 0.296. The highest BCUT2D eigenvalue weighted by Crippen LogP contribution is 2.09. The molecule has 0 radical (unpaired) electrons. The van der Waals surface area contributed by atoms with E-state index >= 15 is 0 Å². The maximum atomic E-state index is 8.83. The Balaban J connectivity index is 2.24. The van der Waals surface area contributed by atoms with Crippen LogP contribution in [0.3, 0.4) is 0 Å². The lowest BCUT2D eigenvalue weighted by Gasteiger charge is -2.06. The number of aliphatic hydroxyl groups is 1. The van der Waals surface area contributed by atoms with Crippen LogP contribution in [0.5, 0.6) is 0 Å². The second kappa shape index (κ2) is 7.97. The number of aromatic nitrogens is 1. The summed E-state index contributed by atoms with van der Waals surface area (Å²) in [4.78, 5) is 4.10. The molecule has 4 nitrogen and oxygen atoms in total. The number of nitrogens with one attached hydrogen (secondary N) is 1. The Morgan fingerprint density at radius 2 is 2.38 bits per heavy atom. The fourth-order valence-electron chi connectivity index (χ4n) is 1.15. The van der Waals surface area contributed by atoms with E-state index in [9.17, 15) is 0 Å². The minimum atomic E-state index is 0.249. The fraction of sp³-hybridized carbons (Fsp3) is 0.455. The second-order valence-corrected chi connectivity index (χ2v) is 4.35. The van der Waals surface area contributed by atoms with Gasteiger partial charge in [-0.05, 0) is 24.3 Å². The van der Waals surface area contributed by atoms with Gasteiger partial charge in [0, 0.05) is 25.1 Å². The van der Waals surface area contributed by atoms with Crippen LogP contribution in [0.1, 0.15) is 12.0 Å². The highest BCUT2D eigenvalue weighted by atomic mass is 32.2. The topological polar surface area (TPSA) is 68.9 Å². The van der Waals surface area contributed by atoms with Crippen LogP contribution >= 0.6 is 11.8 Å². The van der Waals surface area contributed by atoms with Crippen LogP contribution in [0.25, 0.3) is 0 Å². The van der Waals surface area contributed by atoms with Crippen LogP contribution in [-0.2, 0) is 0 Å². The average Bonchev–Trinajstić information content (AvgIpc) is 2.34. The number of nitriles is 1. The van der Waals surface area contributed by atoms with Crippen molar-refractivity contribution in [3.05, 3.63) is 23.9 Å². The molecule has 1 aromatic heterocycles. The Hall–Kier alpha value is -1.25. The predicted molar refractivity (Wildman–Crippen MR) is 66.5 cm³/mol. The van der Waals surface area contributed by atoms with Crippen LogP contribution in [0.15, 0.2) is 18.3 Å². The monoisotopic (exact) mass is 237 g/mol. The van der Waals surface area contributed by atoms with Gasteiger partial charge in [-0.15, -0.1) is 0 Å². The van der Waals surface area contributed by atoms with Crippen molar-refractivity contribution in [1.29, 1.82) is 5.26 Å². The standard InChI is InChI=1S/C11H15N3OS/c12-9-10-3-1-4-13-11(10)14-5-8-16-7-2-6-15/h1,3-4,15H,2,5-8H2,(H,13,14). The Morgan fingerprint density at radius 3 is 3.12 bits per heavy atom. The average molecular weight is 237 g/mol.